The Morgan fingerprint density at radius 2 is 1.50 bits per heavy atom. The Morgan fingerprint density at radius 1 is 1.00 bits per heavy atom. The summed E-state index contributed by atoms with van der Waals surface area (Å²) in [4.78, 5) is 12.5. The summed E-state index contributed by atoms with van der Waals surface area (Å²) in [5.74, 6) is 3.56. The Balaban J connectivity index is 1.67. The Bertz CT molecular complexity index is 409. The zero-order chi connectivity index (χ0) is 12.2. The van der Waals surface area contributed by atoms with Gasteiger partial charge in [-0.05, 0) is 61.7 Å². The molecule has 4 bridgehead atoms. The van der Waals surface area contributed by atoms with Crippen LogP contribution in [0, 0.1) is 23.2 Å². The highest BCUT2D eigenvalue weighted by molar-refractivity contribution is 5.10. The summed E-state index contributed by atoms with van der Waals surface area (Å²) >= 11 is 0. The fraction of sp³-hybridized carbons (Fsp3) is 0.786. The van der Waals surface area contributed by atoms with Crippen LogP contribution in [0.4, 0.5) is 0 Å². The van der Waals surface area contributed by atoms with Crippen LogP contribution in [0.25, 0.3) is 0 Å². The number of hydrogen-bond acceptors (Lipinski definition) is 4. The monoisotopic (exact) mass is 244 g/mol. The van der Waals surface area contributed by atoms with E-state index in [9.17, 15) is 0 Å². The maximum absolute atomic E-state index is 6.54. The second-order valence-electron chi connectivity index (χ2n) is 6.75. The maximum atomic E-state index is 6.54. The molecule has 18 heavy (non-hydrogen) atoms. The standard InChI is InChI=1S/C14H20N4/c15-12(13-17-7-16-8-18-13)14-4-9-1-10(5-14)3-11(2-9)6-14/h7-12H,1-6,15H2. The lowest BCUT2D eigenvalue weighted by atomic mass is 9.47. The van der Waals surface area contributed by atoms with Gasteiger partial charge in [-0.1, -0.05) is 0 Å². The van der Waals surface area contributed by atoms with Gasteiger partial charge in [-0.2, -0.15) is 0 Å². The minimum Gasteiger partial charge on any atom is -0.321 e. The van der Waals surface area contributed by atoms with Crippen LogP contribution in [0.1, 0.15) is 50.4 Å². The van der Waals surface area contributed by atoms with Crippen molar-refractivity contribution >= 4 is 0 Å². The van der Waals surface area contributed by atoms with Crippen molar-refractivity contribution in [3.8, 4) is 0 Å². The molecule has 1 unspecified atom stereocenters. The van der Waals surface area contributed by atoms with Crippen LogP contribution in [0.2, 0.25) is 0 Å². The molecule has 4 heteroatoms. The molecule has 1 atom stereocenters. The first kappa shape index (κ1) is 10.9. The zero-order valence-electron chi connectivity index (χ0n) is 10.6. The van der Waals surface area contributed by atoms with Crippen molar-refractivity contribution in [1.82, 2.24) is 15.0 Å². The van der Waals surface area contributed by atoms with Crippen LogP contribution in [0.5, 0.6) is 0 Å². The van der Waals surface area contributed by atoms with Crippen molar-refractivity contribution in [2.45, 2.75) is 44.6 Å². The summed E-state index contributed by atoms with van der Waals surface area (Å²) in [6.45, 7) is 0. The molecular weight excluding hydrogens is 224 g/mol. The van der Waals surface area contributed by atoms with E-state index in [0.29, 0.717) is 0 Å². The Labute approximate surface area is 107 Å². The van der Waals surface area contributed by atoms with Crippen LogP contribution in [-0.4, -0.2) is 15.0 Å². The predicted molar refractivity (Wildman–Crippen MR) is 67.4 cm³/mol. The van der Waals surface area contributed by atoms with Crippen LogP contribution >= 0.6 is 0 Å². The summed E-state index contributed by atoms with van der Waals surface area (Å²) < 4.78 is 0. The number of aromatic nitrogens is 3. The molecule has 4 aliphatic rings. The Kier molecular flexibility index (Phi) is 2.25. The Hall–Kier alpha value is -1.03. The number of rotatable bonds is 2. The van der Waals surface area contributed by atoms with Crippen molar-refractivity contribution < 1.29 is 0 Å². The SMILES string of the molecule is NC(c1ncncn1)C12CC3CC(CC(C3)C1)C2. The fourth-order valence-corrected chi connectivity index (χ4v) is 5.24. The third-order valence-corrected chi connectivity index (χ3v) is 5.54. The lowest BCUT2D eigenvalue weighted by molar-refractivity contribution is -0.0692. The average Bonchev–Trinajstić information content (AvgIpc) is 2.37. The third-order valence-electron chi connectivity index (χ3n) is 5.54. The molecule has 96 valence electrons. The minimum atomic E-state index is 0.00824. The van der Waals surface area contributed by atoms with Gasteiger partial charge < -0.3 is 5.73 Å². The minimum absolute atomic E-state index is 0.00824. The van der Waals surface area contributed by atoms with E-state index in [1.807, 2.05) is 0 Å². The number of hydrogen-bond donors (Lipinski definition) is 1. The average molecular weight is 244 g/mol. The number of nitrogens with two attached hydrogens (primary N) is 1. The van der Waals surface area contributed by atoms with Crippen LogP contribution in [0.15, 0.2) is 12.7 Å². The normalized spacial score (nSPS) is 43.1. The molecule has 2 N–H and O–H groups in total. The highest BCUT2D eigenvalue weighted by Crippen LogP contribution is 2.63. The van der Waals surface area contributed by atoms with Crippen LogP contribution in [-0.2, 0) is 0 Å². The van der Waals surface area contributed by atoms with Gasteiger partial charge in [0.05, 0.1) is 6.04 Å². The van der Waals surface area contributed by atoms with Gasteiger partial charge in [0.1, 0.15) is 18.5 Å². The zero-order valence-corrected chi connectivity index (χ0v) is 10.6. The first-order chi connectivity index (χ1) is 8.75. The molecule has 4 nitrogen and oxygen atoms in total. The lowest BCUT2D eigenvalue weighted by Gasteiger charge is -2.58. The van der Waals surface area contributed by atoms with Crippen molar-refractivity contribution in [3.63, 3.8) is 0 Å². The van der Waals surface area contributed by atoms with Crippen molar-refractivity contribution in [2.24, 2.45) is 28.9 Å². The molecule has 1 heterocycles. The van der Waals surface area contributed by atoms with Gasteiger partial charge in [0.15, 0.2) is 0 Å². The van der Waals surface area contributed by atoms with Gasteiger partial charge in [-0.25, -0.2) is 15.0 Å². The van der Waals surface area contributed by atoms with E-state index in [1.54, 1.807) is 12.7 Å². The molecule has 4 saturated carbocycles. The molecule has 0 aromatic carbocycles. The van der Waals surface area contributed by atoms with Gasteiger partial charge in [0.25, 0.3) is 0 Å². The van der Waals surface area contributed by atoms with E-state index < -0.39 is 0 Å². The van der Waals surface area contributed by atoms with E-state index in [0.717, 1.165) is 23.6 Å². The maximum Gasteiger partial charge on any atom is 0.149 e. The smallest absolute Gasteiger partial charge is 0.149 e. The molecule has 0 amide bonds. The topological polar surface area (TPSA) is 64.7 Å². The van der Waals surface area contributed by atoms with Gasteiger partial charge in [-0.15, -0.1) is 0 Å². The van der Waals surface area contributed by atoms with E-state index in [1.165, 1.54) is 38.5 Å². The fourth-order valence-electron chi connectivity index (χ4n) is 5.24. The molecule has 4 fully saturated rings. The van der Waals surface area contributed by atoms with Crippen molar-refractivity contribution in [1.29, 1.82) is 0 Å². The van der Waals surface area contributed by atoms with Crippen LogP contribution in [0.3, 0.4) is 0 Å². The second-order valence-corrected chi connectivity index (χ2v) is 6.75. The molecule has 5 rings (SSSR count). The first-order valence-corrected chi connectivity index (χ1v) is 7.13. The molecule has 4 aliphatic carbocycles. The van der Waals surface area contributed by atoms with E-state index in [2.05, 4.69) is 15.0 Å². The summed E-state index contributed by atoms with van der Waals surface area (Å²) in [5, 5.41) is 0. The molecular formula is C14H20N4. The number of nitrogens with zero attached hydrogens (tertiary/aromatic N) is 3. The first-order valence-electron chi connectivity index (χ1n) is 7.13. The summed E-state index contributed by atoms with van der Waals surface area (Å²) in [6.07, 6.45) is 11.4. The van der Waals surface area contributed by atoms with Gasteiger partial charge in [0.2, 0.25) is 0 Å². The largest absolute Gasteiger partial charge is 0.321 e. The Morgan fingerprint density at radius 3 is 2.00 bits per heavy atom. The summed E-state index contributed by atoms with van der Waals surface area (Å²) in [5.41, 5.74) is 6.83. The second kappa shape index (κ2) is 3.73. The van der Waals surface area contributed by atoms with Gasteiger partial charge in [-0.3, -0.25) is 0 Å². The van der Waals surface area contributed by atoms with Gasteiger partial charge in [0, 0.05) is 0 Å². The van der Waals surface area contributed by atoms with E-state index in [4.69, 9.17) is 5.73 Å². The molecule has 0 spiro atoms. The predicted octanol–water partition coefficient (Wildman–Crippen LogP) is 2.09. The van der Waals surface area contributed by atoms with Gasteiger partial charge >= 0.3 is 0 Å². The highest BCUT2D eigenvalue weighted by Gasteiger charge is 2.54. The molecule has 0 aliphatic heterocycles. The summed E-state index contributed by atoms with van der Waals surface area (Å²) in [7, 11) is 0. The quantitative estimate of drug-likeness (QED) is 0.865. The van der Waals surface area contributed by atoms with Crippen molar-refractivity contribution in [3.05, 3.63) is 18.5 Å². The third kappa shape index (κ3) is 1.51. The van der Waals surface area contributed by atoms with Crippen LogP contribution < -0.4 is 5.73 Å². The highest BCUT2D eigenvalue weighted by atomic mass is 15.0. The summed E-state index contributed by atoms with van der Waals surface area (Å²) in [6, 6.07) is 0.00824. The molecule has 1 aromatic heterocycles. The van der Waals surface area contributed by atoms with Crippen molar-refractivity contribution in [2.75, 3.05) is 0 Å². The molecule has 0 saturated heterocycles. The molecule has 1 aromatic rings. The van der Waals surface area contributed by atoms with E-state index in [-0.39, 0.29) is 11.5 Å². The molecule has 0 radical (unpaired) electrons. The lowest BCUT2D eigenvalue weighted by Crippen LogP contribution is -2.51. The van der Waals surface area contributed by atoms with E-state index >= 15 is 0 Å².